The number of hydrogen-bond acceptors (Lipinski definition) is 4. The molecular weight excluding hydrogens is 346 g/mol. The van der Waals surface area contributed by atoms with Gasteiger partial charge in [-0.25, -0.2) is 4.98 Å². The van der Waals surface area contributed by atoms with Gasteiger partial charge >= 0.3 is 0 Å². The van der Waals surface area contributed by atoms with Crippen LogP contribution in [-0.4, -0.2) is 33.9 Å². The van der Waals surface area contributed by atoms with Crippen LogP contribution < -0.4 is 5.56 Å². The lowest BCUT2D eigenvalue weighted by Crippen LogP contribution is -2.39. The summed E-state index contributed by atoms with van der Waals surface area (Å²) in [4.78, 5) is 34.2. The van der Waals surface area contributed by atoms with Crippen molar-refractivity contribution in [3.05, 3.63) is 57.5 Å². The molecule has 5 nitrogen and oxygen atoms in total. The fraction of sp³-hybridized carbons (Fsp3) is 0.450. The molecular formula is C20H25N3O2S. The van der Waals surface area contributed by atoms with E-state index in [0.717, 1.165) is 31.7 Å². The standard InChI is InChI=1S/C20H25N3O2S/c1-14-8-10-23(11-9-14)18(24)12-17-15(2)21-20(22-19(17)25)26-13-16-6-4-3-5-7-16/h3-7,14H,8-13H2,1-2H3,(H,21,22,25). The van der Waals surface area contributed by atoms with Gasteiger partial charge in [-0.05, 0) is 31.2 Å². The zero-order valence-electron chi connectivity index (χ0n) is 15.3. The summed E-state index contributed by atoms with van der Waals surface area (Å²) in [6, 6.07) is 10.1. The molecule has 1 saturated heterocycles. The zero-order chi connectivity index (χ0) is 18.5. The van der Waals surface area contributed by atoms with Crippen LogP contribution in [0, 0.1) is 12.8 Å². The Morgan fingerprint density at radius 1 is 1.27 bits per heavy atom. The van der Waals surface area contributed by atoms with Gasteiger partial charge in [0.05, 0.1) is 6.42 Å². The summed E-state index contributed by atoms with van der Waals surface area (Å²) >= 11 is 1.50. The average molecular weight is 372 g/mol. The van der Waals surface area contributed by atoms with Gasteiger partial charge in [-0.2, -0.15) is 0 Å². The Morgan fingerprint density at radius 2 is 1.96 bits per heavy atom. The van der Waals surface area contributed by atoms with Crippen LogP contribution in [0.2, 0.25) is 0 Å². The number of amides is 1. The third kappa shape index (κ3) is 4.75. The van der Waals surface area contributed by atoms with Gasteiger partial charge in [0.1, 0.15) is 0 Å². The number of aromatic amines is 1. The normalized spacial score (nSPS) is 15.2. The maximum atomic E-state index is 12.5. The predicted octanol–water partition coefficient (Wildman–Crippen LogP) is 3.17. The molecule has 3 rings (SSSR count). The van der Waals surface area contributed by atoms with Gasteiger partial charge in [-0.15, -0.1) is 0 Å². The number of carbonyl (C=O) groups is 1. The van der Waals surface area contributed by atoms with E-state index in [1.807, 2.05) is 42.2 Å². The Labute approximate surface area is 158 Å². The molecule has 2 aromatic rings. The summed E-state index contributed by atoms with van der Waals surface area (Å²) in [6.07, 6.45) is 2.20. The van der Waals surface area contributed by atoms with Gasteiger partial charge in [0.15, 0.2) is 5.16 Å². The average Bonchev–Trinajstić information content (AvgIpc) is 2.64. The van der Waals surface area contributed by atoms with E-state index in [0.29, 0.717) is 22.3 Å². The SMILES string of the molecule is Cc1nc(SCc2ccccc2)[nH]c(=O)c1CC(=O)N1CCC(C)CC1. The Kier molecular flexibility index (Phi) is 6.14. The van der Waals surface area contributed by atoms with Crippen molar-refractivity contribution in [1.29, 1.82) is 0 Å². The van der Waals surface area contributed by atoms with Crippen LogP contribution in [0.25, 0.3) is 0 Å². The van der Waals surface area contributed by atoms with Crippen molar-refractivity contribution in [2.24, 2.45) is 5.92 Å². The highest BCUT2D eigenvalue weighted by atomic mass is 32.2. The first-order chi connectivity index (χ1) is 12.5. The minimum Gasteiger partial charge on any atom is -0.342 e. The van der Waals surface area contributed by atoms with Crippen LogP contribution in [0.1, 0.15) is 36.6 Å². The van der Waals surface area contributed by atoms with Gasteiger partial charge in [0, 0.05) is 30.1 Å². The van der Waals surface area contributed by atoms with Gasteiger partial charge < -0.3 is 9.88 Å². The highest BCUT2D eigenvalue weighted by Gasteiger charge is 2.22. The third-order valence-electron chi connectivity index (χ3n) is 4.88. The number of aryl methyl sites for hydroxylation is 1. The lowest BCUT2D eigenvalue weighted by Gasteiger charge is -2.30. The van der Waals surface area contributed by atoms with Gasteiger partial charge in [0.2, 0.25) is 5.91 Å². The molecule has 2 heterocycles. The van der Waals surface area contributed by atoms with Crippen molar-refractivity contribution in [2.45, 2.75) is 44.0 Å². The fourth-order valence-electron chi connectivity index (χ4n) is 3.11. The molecule has 0 saturated carbocycles. The second kappa shape index (κ2) is 8.54. The molecule has 1 aliphatic heterocycles. The number of thioether (sulfide) groups is 1. The topological polar surface area (TPSA) is 66.1 Å². The number of aromatic nitrogens is 2. The largest absolute Gasteiger partial charge is 0.342 e. The summed E-state index contributed by atoms with van der Waals surface area (Å²) in [6.45, 7) is 5.60. The number of piperidine rings is 1. The van der Waals surface area contributed by atoms with Crippen molar-refractivity contribution in [1.82, 2.24) is 14.9 Å². The lowest BCUT2D eigenvalue weighted by molar-refractivity contribution is -0.131. The summed E-state index contributed by atoms with van der Waals surface area (Å²) in [5.41, 5.74) is 2.10. The van der Waals surface area contributed by atoms with E-state index >= 15 is 0 Å². The second-order valence-electron chi connectivity index (χ2n) is 6.95. The second-order valence-corrected chi connectivity index (χ2v) is 7.91. The smallest absolute Gasteiger partial charge is 0.255 e. The van der Waals surface area contributed by atoms with Crippen molar-refractivity contribution in [3.8, 4) is 0 Å². The van der Waals surface area contributed by atoms with E-state index in [1.165, 1.54) is 17.3 Å². The molecule has 1 aromatic heterocycles. The molecule has 0 radical (unpaired) electrons. The quantitative estimate of drug-likeness (QED) is 0.648. The molecule has 1 aliphatic rings. The van der Waals surface area contributed by atoms with E-state index in [9.17, 15) is 9.59 Å². The molecule has 0 atom stereocenters. The van der Waals surface area contributed by atoms with Crippen LogP contribution in [0.5, 0.6) is 0 Å². The molecule has 1 fully saturated rings. The van der Waals surface area contributed by atoms with Crippen molar-refractivity contribution in [3.63, 3.8) is 0 Å². The summed E-state index contributed by atoms with van der Waals surface area (Å²) in [5.74, 6) is 1.44. The number of nitrogens with one attached hydrogen (secondary N) is 1. The zero-order valence-corrected chi connectivity index (χ0v) is 16.1. The highest BCUT2D eigenvalue weighted by Crippen LogP contribution is 2.20. The van der Waals surface area contributed by atoms with Gasteiger partial charge in [-0.1, -0.05) is 49.0 Å². The van der Waals surface area contributed by atoms with E-state index in [-0.39, 0.29) is 17.9 Å². The first-order valence-corrected chi connectivity index (χ1v) is 10.1. The Bertz CT molecular complexity index is 812. The van der Waals surface area contributed by atoms with Crippen LogP contribution in [-0.2, 0) is 17.0 Å². The third-order valence-corrected chi connectivity index (χ3v) is 5.83. The number of carbonyl (C=O) groups excluding carboxylic acids is 1. The number of hydrogen-bond donors (Lipinski definition) is 1. The van der Waals surface area contributed by atoms with Crippen molar-refractivity contribution >= 4 is 17.7 Å². The van der Waals surface area contributed by atoms with Crippen LogP contribution in [0.4, 0.5) is 0 Å². The first kappa shape index (κ1) is 18.7. The van der Waals surface area contributed by atoms with E-state index < -0.39 is 0 Å². The Hall–Kier alpha value is -2.08. The molecule has 1 N–H and O–H groups in total. The van der Waals surface area contributed by atoms with Gasteiger partial charge in [-0.3, -0.25) is 9.59 Å². The summed E-state index contributed by atoms with van der Waals surface area (Å²) < 4.78 is 0. The molecule has 138 valence electrons. The molecule has 1 amide bonds. The minimum absolute atomic E-state index is 0.0250. The number of likely N-dealkylation sites (tertiary alicyclic amines) is 1. The van der Waals surface area contributed by atoms with Crippen molar-refractivity contribution in [2.75, 3.05) is 13.1 Å². The number of nitrogens with zero attached hydrogens (tertiary/aromatic N) is 2. The molecule has 26 heavy (non-hydrogen) atoms. The van der Waals surface area contributed by atoms with E-state index in [1.54, 1.807) is 0 Å². The summed E-state index contributed by atoms with van der Waals surface area (Å²) in [7, 11) is 0. The minimum atomic E-state index is -0.202. The number of rotatable bonds is 5. The number of H-pyrrole nitrogens is 1. The Morgan fingerprint density at radius 3 is 2.62 bits per heavy atom. The molecule has 6 heteroatoms. The van der Waals surface area contributed by atoms with Crippen molar-refractivity contribution < 1.29 is 4.79 Å². The van der Waals surface area contributed by atoms with Gasteiger partial charge in [0.25, 0.3) is 5.56 Å². The molecule has 0 bridgehead atoms. The van der Waals surface area contributed by atoms with E-state index in [4.69, 9.17) is 0 Å². The lowest BCUT2D eigenvalue weighted by atomic mass is 9.98. The van der Waals surface area contributed by atoms with Crippen LogP contribution in [0.15, 0.2) is 40.3 Å². The maximum absolute atomic E-state index is 12.5. The Balaban J connectivity index is 1.65. The van der Waals surface area contributed by atoms with E-state index in [2.05, 4.69) is 16.9 Å². The molecule has 0 aliphatic carbocycles. The predicted molar refractivity (Wildman–Crippen MR) is 104 cm³/mol. The molecule has 0 unspecified atom stereocenters. The number of benzene rings is 1. The van der Waals surface area contributed by atoms with Crippen LogP contribution >= 0.6 is 11.8 Å². The summed E-state index contributed by atoms with van der Waals surface area (Å²) in [5, 5.41) is 0.597. The fourth-order valence-corrected chi connectivity index (χ4v) is 3.97. The molecule has 0 spiro atoms. The first-order valence-electron chi connectivity index (χ1n) is 9.07. The maximum Gasteiger partial charge on any atom is 0.255 e. The van der Waals surface area contributed by atoms with Crippen LogP contribution in [0.3, 0.4) is 0 Å². The highest BCUT2D eigenvalue weighted by molar-refractivity contribution is 7.98. The monoisotopic (exact) mass is 371 g/mol. The molecule has 1 aromatic carbocycles.